The van der Waals surface area contributed by atoms with Crippen LogP contribution in [0.3, 0.4) is 0 Å². The van der Waals surface area contributed by atoms with Gasteiger partial charge in [-0.05, 0) is 43.9 Å². The van der Waals surface area contributed by atoms with Crippen LogP contribution in [0.25, 0.3) is 10.9 Å². The fourth-order valence-electron chi connectivity index (χ4n) is 4.28. The van der Waals surface area contributed by atoms with E-state index >= 15 is 0 Å². The van der Waals surface area contributed by atoms with Gasteiger partial charge in [0.25, 0.3) is 0 Å². The van der Waals surface area contributed by atoms with Gasteiger partial charge in [-0.15, -0.1) is 13.2 Å². The molecule has 1 aromatic heterocycles. The molecule has 3 aromatic rings. The van der Waals surface area contributed by atoms with Crippen molar-refractivity contribution < 1.29 is 17.9 Å². The lowest BCUT2D eigenvalue weighted by Gasteiger charge is -2.30. The molecular weight excluding hydrogens is 445 g/mol. The van der Waals surface area contributed by atoms with E-state index < -0.39 is 6.36 Å². The highest BCUT2D eigenvalue weighted by Crippen LogP contribution is 2.30. The van der Waals surface area contributed by atoms with Crippen molar-refractivity contribution in [2.45, 2.75) is 50.7 Å². The molecule has 4 N–H and O–H groups in total. The van der Waals surface area contributed by atoms with E-state index in [2.05, 4.69) is 20.4 Å². The van der Waals surface area contributed by atoms with Crippen molar-refractivity contribution in [3.05, 3.63) is 48.0 Å². The van der Waals surface area contributed by atoms with Crippen LogP contribution >= 0.6 is 0 Å². The highest BCUT2D eigenvalue weighted by molar-refractivity contribution is 5.90. The Morgan fingerprint density at radius 2 is 1.74 bits per heavy atom. The van der Waals surface area contributed by atoms with E-state index in [9.17, 15) is 13.2 Å². The third-order valence-electron chi connectivity index (χ3n) is 5.97. The van der Waals surface area contributed by atoms with Crippen molar-refractivity contribution in [2.75, 3.05) is 30.0 Å². The molecule has 2 aromatic carbocycles. The van der Waals surface area contributed by atoms with Gasteiger partial charge in [-0.2, -0.15) is 4.98 Å². The zero-order valence-electron chi connectivity index (χ0n) is 19.2. The summed E-state index contributed by atoms with van der Waals surface area (Å²) in [6.07, 6.45) is -1.19. The Morgan fingerprint density at radius 1 is 1.03 bits per heavy atom. The SMILES string of the molecule is CN(C)c1nc(N[C@H]2CC[C@@H](NCc3ccc(N)cc3OC(F)(F)F)CC2)nc2ccccc12. The Hall–Kier alpha value is -3.27. The molecule has 0 bridgehead atoms. The molecule has 1 aliphatic carbocycles. The third kappa shape index (κ3) is 5.99. The number of aromatic nitrogens is 2. The summed E-state index contributed by atoms with van der Waals surface area (Å²) in [4.78, 5) is 11.4. The number of fused-ring (bicyclic) bond motifs is 1. The molecule has 182 valence electrons. The van der Waals surface area contributed by atoms with E-state index in [4.69, 9.17) is 10.7 Å². The largest absolute Gasteiger partial charge is 0.573 e. The van der Waals surface area contributed by atoms with Crippen molar-refractivity contribution in [3.8, 4) is 5.75 Å². The lowest BCUT2D eigenvalue weighted by Crippen LogP contribution is -2.37. The highest BCUT2D eigenvalue weighted by Gasteiger charge is 2.32. The number of halogens is 3. The number of nitrogens with zero attached hydrogens (tertiary/aromatic N) is 3. The van der Waals surface area contributed by atoms with Crippen LogP contribution in [0.15, 0.2) is 42.5 Å². The molecule has 0 radical (unpaired) electrons. The van der Waals surface area contributed by atoms with Gasteiger partial charge in [0, 0.05) is 55.4 Å². The maximum absolute atomic E-state index is 12.7. The van der Waals surface area contributed by atoms with E-state index in [0.717, 1.165) is 42.4 Å². The molecule has 1 fully saturated rings. The summed E-state index contributed by atoms with van der Waals surface area (Å²) >= 11 is 0. The predicted octanol–water partition coefficient (Wildman–Crippen LogP) is 4.69. The summed E-state index contributed by atoms with van der Waals surface area (Å²) in [7, 11) is 3.92. The molecule has 0 atom stereocenters. The van der Waals surface area contributed by atoms with Crippen LogP contribution in [0.4, 0.5) is 30.6 Å². The molecule has 0 saturated heterocycles. The first kappa shape index (κ1) is 23.9. The first-order valence-electron chi connectivity index (χ1n) is 11.3. The molecule has 34 heavy (non-hydrogen) atoms. The van der Waals surface area contributed by atoms with Crippen LogP contribution in [0.1, 0.15) is 31.2 Å². The Balaban J connectivity index is 1.34. The number of anilines is 3. The molecule has 1 aliphatic rings. The lowest BCUT2D eigenvalue weighted by molar-refractivity contribution is -0.274. The molecule has 0 unspecified atom stereocenters. The van der Waals surface area contributed by atoms with E-state index in [-0.39, 0.29) is 30.1 Å². The molecule has 0 aliphatic heterocycles. The third-order valence-corrected chi connectivity index (χ3v) is 5.97. The number of alkyl halides is 3. The van der Waals surface area contributed by atoms with E-state index in [1.54, 1.807) is 12.1 Å². The molecule has 1 saturated carbocycles. The minimum Gasteiger partial charge on any atom is -0.405 e. The van der Waals surface area contributed by atoms with Gasteiger partial charge in [0.05, 0.1) is 5.52 Å². The zero-order valence-corrected chi connectivity index (χ0v) is 19.2. The first-order valence-corrected chi connectivity index (χ1v) is 11.3. The normalized spacial score (nSPS) is 18.6. The molecular formula is C24H29F3N6O. The smallest absolute Gasteiger partial charge is 0.405 e. The summed E-state index contributed by atoms with van der Waals surface area (Å²) < 4.78 is 42.3. The molecule has 0 amide bonds. The second-order valence-electron chi connectivity index (χ2n) is 8.77. The van der Waals surface area contributed by atoms with E-state index in [1.165, 1.54) is 6.07 Å². The van der Waals surface area contributed by atoms with E-state index in [0.29, 0.717) is 11.5 Å². The quantitative estimate of drug-likeness (QED) is 0.428. The Bertz CT molecular complexity index is 1130. The van der Waals surface area contributed by atoms with Crippen LogP contribution in [0.2, 0.25) is 0 Å². The summed E-state index contributed by atoms with van der Waals surface area (Å²) in [5.41, 5.74) is 7.17. The van der Waals surface area contributed by atoms with Crippen molar-refractivity contribution in [1.29, 1.82) is 0 Å². The molecule has 10 heteroatoms. The average molecular weight is 475 g/mol. The number of nitrogens with one attached hydrogen (secondary N) is 2. The van der Waals surface area contributed by atoms with Gasteiger partial charge in [-0.1, -0.05) is 18.2 Å². The van der Waals surface area contributed by atoms with Gasteiger partial charge in [-0.25, -0.2) is 4.98 Å². The standard InChI is InChI=1S/C24H29F3N6O/c1-33(2)22-19-5-3-4-6-20(19)31-23(32-22)30-18-11-9-17(10-12-18)29-14-15-7-8-16(28)13-21(15)34-24(25,26)27/h3-8,13,17-18,29H,9-12,14,28H2,1-2H3,(H,30,31,32)/t17-,18+. The first-order chi connectivity index (χ1) is 16.2. The van der Waals surface area contributed by atoms with Gasteiger partial charge in [0.2, 0.25) is 5.95 Å². The van der Waals surface area contributed by atoms with Crippen LogP contribution in [-0.4, -0.2) is 42.5 Å². The van der Waals surface area contributed by atoms with Gasteiger partial charge in [0.1, 0.15) is 11.6 Å². The van der Waals surface area contributed by atoms with Crippen molar-refractivity contribution in [3.63, 3.8) is 0 Å². The second kappa shape index (κ2) is 9.92. The van der Waals surface area contributed by atoms with Gasteiger partial charge in [0.15, 0.2) is 0 Å². The highest BCUT2D eigenvalue weighted by atomic mass is 19.4. The second-order valence-corrected chi connectivity index (χ2v) is 8.77. The minimum atomic E-state index is -4.76. The van der Waals surface area contributed by atoms with Crippen LogP contribution in [-0.2, 0) is 6.54 Å². The summed E-state index contributed by atoms with van der Waals surface area (Å²) in [5.74, 6) is 1.21. The van der Waals surface area contributed by atoms with Crippen molar-refractivity contribution in [2.24, 2.45) is 0 Å². The molecule has 0 spiro atoms. The Morgan fingerprint density at radius 3 is 2.44 bits per heavy atom. The number of ether oxygens (including phenoxy) is 1. The van der Waals surface area contributed by atoms with E-state index in [1.807, 2.05) is 43.3 Å². The van der Waals surface area contributed by atoms with Crippen LogP contribution < -0.4 is 26.0 Å². The van der Waals surface area contributed by atoms with Gasteiger partial charge >= 0.3 is 6.36 Å². The number of para-hydroxylation sites is 1. The number of hydrogen-bond acceptors (Lipinski definition) is 7. The minimum absolute atomic E-state index is 0.198. The number of nitrogen functional groups attached to an aromatic ring is 1. The lowest BCUT2D eigenvalue weighted by atomic mass is 9.91. The Labute approximate surface area is 196 Å². The maximum atomic E-state index is 12.7. The summed E-state index contributed by atoms with van der Waals surface area (Å²) in [6, 6.07) is 12.7. The van der Waals surface area contributed by atoms with Gasteiger partial charge < -0.3 is 26.0 Å². The molecule has 7 nitrogen and oxygen atoms in total. The van der Waals surface area contributed by atoms with Gasteiger partial charge in [-0.3, -0.25) is 0 Å². The number of benzene rings is 2. The zero-order chi connectivity index (χ0) is 24.3. The molecule has 4 rings (SSSR count). The number of nitrogens with two attached hydrogens (primary N) is 1. The summed E-state index contributed by atoms with van der Waals surface area (Å²) in [5, 5.41) is 7.83. The Kier molecular flexibility index (Phi) is 6.97. The summed E-state index contributed by atoms with van der Waals surface area (Å²) in [6.45, 7) is 0.272. The monoisotopic (exact) mass is 474 g/mol. The van der Waals surface area contributed by atoms with Crippen molar-refractivity contribution in [1.82, 2.24) is 15.3 Å². The fourth-order valence-corrected chi connectivity index (χ4v) is 4.28. The van der Waals surface area contributed by atoms with Crippen LogP contribution in [0, 0.1) is 0 Å². The number of rotatable bonds is 7. The van der Waals surface area contributed by atoms with Crippen LogP contribution in [0.5, 0.6) is 5.75 Å². The number of hydrogen-bond donors (Lipinski definition) is 3. The maximum Gasteiger partial charge on any atom is 0.573 e. The fraction of sp³-hybridized carbons (Fsp3) is 0.417. The molecule has 1 heterocycles. The topological polar surface area (TPSA) is 88.3 Å². The predicted molar refractivity (Wildman–Crippen MR) is 128 cm³/mol. The average Bonchev–Trinajstić information content (AvgIpc) is 2.78. The van der Waals surface area contributed by atoms with Crippen molar-refractivity contribution >= 4 is 28.4 Å².